The maximum Gasteiger partial charge on any atom is 0.380 e. The third-order valence-electron chi connectivity index (χ3n) is 1.89. The molecule has 0 aliphatic rings. The molecule has 1 aromatic rings. The molecule has 0 atom stereocenters. The van der Waals surface area contributed by atoms with Crippen LogP contribution in [0.25, 0.3) is 0 Å². The zero-order valence-corrected chi connectivity index (χ0v) is 11.9. The fraction of sp³-hybridized carbons (Fsp3) is 0.636. The van der Waals surface area contributed by atoms with Crippen molar-refractivity contribution in [2.45, 2.75) is 46.4 Å². The Morgan fingerprint density at radius 1 is 1.13 bits per heavy atom. The van der Waals surface area contributed by atoms with Gasteiger partial charge in [-0.15, -0.1) is 11.3 Å². The van der Waals surface area contributed by atoms with Crippen LogP contribution in [0.3, 0.4) is 0 Å². The van der Waals surface area contributed by atoms with Crippen molar-refractivity contribution in [3.8, 4) is 0 Å². The summed E-state index contributed by atoms with van der Waals surface area (Å²) in [6.07, 6.45) is 0.421. The first-order valence-electron chi connectivity index (χ1n) is 5.33. The molecule has 1 heterocycles. The first-order valence-corrected chi connectivity index (χ1v) is 8.53. The van der Waals surface area contributed by atoms with Crippen LogP contribution >= 0.6 is 11.3 Å². The van der Waals surface area contributed by atoms with Gasteiger partial charge in [-0.3, -0.25) is 0 Å². The van der Waals surface area contributed by atoms with Crippen LogP contribution < -0.4 is 4.50 Å². The highest BCUT2D eigenvalue weighted by Gasteiger charge is 2.37. The zero-order valence-electron chi connectivity index (χ0n) is 10.1. The predicted molar refractivity (Wildman–Crippen MR) is 68.0 cm³/mol. The van der Waals surface area contributed by atoms with Gasteiger partial charge >= 0.3 is 8.56 Å². The van der Waals surface area contributed by atoms with E-state index in [-0.39, 0.29) is 12.2 Å². The molecule has 0 bridgehead atoms. The van der Waals surface area contributed by atoms with Gasteiger partial charge in [0.25, 0.3) is 0 Å². The Kier molecular flexibility index (Phi) is 4.52. The third-order valence-corrected chi connectivity index (χ3v) is 6.94. The third kappa shape index (κ3) is 3.72. The van der Waals surface area contributed by atoms with Crippen LogP contribution in [0.2, 0.25) is 6.55 Å². The van der Waals surface area contributed by atoms with Crippen LogP contribution in [0.15, 0.2) is 17.5 Å². The molecule has 0 aromatic carbocycles. The fourth-order valence-corrected chi connectivity index (χ4v) is 5.88. The zero-order chi connectivity index (χ0) is 11.5. The molecule has 0 radical (unpaired) electrons. The van der Waals surface area contributed by atoms with E-state index in [0.29, 0.717) is 0 Å². The summed E-state index contributed by atoms with van der Waals surface area (Å²) in [5, 5.41) is 2.08. The van der Waals surface area contributed by atoms with E-state index in [2.05, 4.69) is 51.8 Å². The number of thiophene rings is 1. The lowest BCUT2D eigenvalue weighted by Crippen LogP contribution is -2.52. The first kappa shape index (κ1) is 12.9. The number of hydrogen-bond acceptors (Lipinski definition) is 3. The van der Waals surface area contributed by atoms with Crippen molar-refractivity contribution in [2.24, 2.45) is 0 Å². The molecular weight excluding hydrogens is 224 g/mol. The lowest BCUT2D eigenvalue weighted by Gasteiger charge is -2.30. The molecule has 1 aromatic heterocycles. The molecule has 4 heteroatoms. The summed E-state index contributed by atoms with van der Waals surface area (Å²) in [7, 11) is -2.18. The van der Waals surface area contributed by atoms with Crippen molar-refractivity contribution >= 4 is 24.4 Å². The van der Waals surface area contributed by atoms with E-state index >= 15 is 0 Å². The Bertz CT molecular complexity index is 273. The summed E-state index contributed by atoms with van der Waals surface area (Å²) in [6.45, 7) is 10.4. The minimum atomic E-state index is -2.18. The molecule has 86 valence electrons. The molecule has 0 aliphatic heterocycles. The molecule has 0 N–H and O–H groups in total. The van der Waals surface area contributed by atoms with Crippen molar-refractivity contribution < 1.29 is 8.85 Å². The molecule has 0 saturated carbocycles. The van der Waals surface area contributed by atoms with Gasteiger partial charge < -0.3 is 8.85 Å². The molecule has 15 heavy (non-hydrogen) atoms. The normalized spacial score (nSPS) is 12.7. The smallest absolute Gasteiger partial charge is 0.380 e. The van der Waals surface area contributed by atoms with E-state index in [1.165, 1.54) is 4.50 Å². The van der Waals surface area contributed by atoms with E-state index in [1.54, 1.807) is 11.3 Å². The summed E-state index contributed by atoms with van der Waals surface area (Å²) >= 11 is 1.73. The Balaban J connectivity index is 2.85. The lowest BCUT2D eigenvalue weighted by molar-refractivity contribution is 0.120. The van der Waals surface area contributed by atoms with Gasteiger partial charge in [-0.2, -0.15) is 0 Å². The minimum absolute atomic E-state index is 0.211. The highest BCUT2D eigenvalue weighted by atomic mass is 32.1. The fourth-order valence-electron chi connectivity index (χ4n) is 1.58. The predicted octanol–water partition coefficient (Wildman–Crippen LogP) is 2.88. The SMILES string of the molecule is CC(C)O[Si](C)(OC(C)C)c1cccs1. The molecule has 0 spiro atoms. The maximum absolute atomic E-state index is 6.02. The van der Waals surface area contributed by atoms with E-state index in [4.69, 9.17) is 8.85 Å². The molecule has 2 nitrogen and oxygen atoms in total. The van der Waals surface area contributed by atoms with Crippen LogP contribution in [0.4, 0.5) is 0 Å². The average Bonchev–Trinajstić information content (AvgIpc) is 2.51. The van der Waals surface area contributed by atoms with Crippen molar-refractivity contribution in [1.29, 1.82) is 0 Å². The summed E-state index contributed by atoms with van der Waals surface area (Å²) < 4.78 is 13.3. The van der Waals surface area contributed by atoms with Gasteiger partial charge in [0.15, 0.2) is 0 Å². The molecule has 0 aliphatic carbocycles. The quantitative estimate of drug-likeness (QED) is 0.742. The summed E-state index contributed by atoms with van der Waals surface area (Å²) in [5.74, 6) is 0. The summed E-state index contributed by atoms with van der Waals surface area (Å²) in [6, 6.07) is 4.17. The van der Waals surface area contributed by atoms with Gasteiger partial charge in [-0.25, -0.2) is 0 Å². The highest BCUT2D eigenvalue weighted by molar-refractivity contribution is 7.23. The number of hydrogen-bond donors (Lipinski definition) is 0. The number of rotatable bonds is 5. The van der Waals surface area contributed by atoms with Gasteiger partial charge in [0.05, 0.1) is 0 Å². The van der Waals surface area contributed by atoms with Gasteiger partial charge in [0, 0.05) is 16.7 Å². The van der Waals surface area contributed by atoms with Crippen LogP contribution in [0, 0.1) is 0 Å². The summed E-state index contributed by atoms with van der Waals surface area (Å²) in [5.41, 5.74) is 0. The lowest BCUT2D eigenvalue weighted by atomic mass is 10.5. The molecule has 0 unspecified atom stereocenters. The first-order chi connectivity index (χ1) is 6.94. The molecular formula is C11H20O2SSi. The van der Waals surface area contributed by atoms with Gasteiger partial charge in [0.2, 0.25) is 0 Å². The second kappa shape index (κ2) is 5.25. The molecule has 0 amide bonds. The van der Waals surface area contributed by atoms with E-state index < -0.39 is 8.56 Å². The molecule has 0 saturated heterocycles. The van der Waals surface area contributed by atoms with Crippen molar-refractivity contribution in [3.05, 3.63) is 17.5 Å². The van der Waals surface area contributed by atoms with Crippen molar-refractivity contribution in [3.63, 3.8) is 0 Å². The second-order valence-electron chi connectivity index (χ2n) is 4.26. The van der Waals surface area contributed by atoms with Crippen molar-refractivity contribution in [2.75, 3.05) is 0 Å². The van der Waals surface area contributed by atoms with Crippen LogP contribution in [0.1, 0.15) is 27.7 Å². The molecule has 0 fully saturated rings. The second-order valence-corrected chi connectivity index (χ2v) is 8.47. The minimum Gasteiger partial charge on any atom is -0.388 e. The molecule has 1 rings (SSSR count). The topological polar surface area (TPSA) is 18.5 Å². The largest absolute Gasteiger partial charge is 0.388 e. The summed E-state index contributed by atoms with van der Waals surface area (Å²) in [4.78, 5) is 0. The van der Waals surface area contributed by atoms with E-state index in [0.717, 1.165) is 0 Å². The Hall–Kier alpha value is -0.163. The Labute approximate surface area is 97.5 Å². The average molecular weight is 244 g/mol. The van der Waals surface area contributed by atoms with E-state index in [9.17, 15) is 0 Å². The monoisotopic (exact) mass is 244 g/mol. The Morgan fingerprint density at radius 2 is 1.67 bits per heavy atom. The van der Waals surface area contributed by atoms with Crippen molar-refractivity contribution in [1.82, 2.24) is 0 Å². The standard InChI is InChI=1S/C11H20O2SSi/c1-9(2)12-15(5,13-10(3)4)11-7-6-8-14-11/h6-10H,1-5H3. The maximum atomic E-state index is 6.02. The highest BCUT2D eigenvalue weighted by Crippen LogP contribution is 2.16. The van der Waals surface area contributed by atoms with Crippen LogP contribution in [-0.4, -0.2) is 20.8 Å². The van der Waals surface area contributed by atoms with Crippen LogP contribution in [-0.2, 0) is 8.85 Å². The van der Waals surface area contributed by atoms with Crippen LogP contribution in [0.5, 0.6) is 0 Å². The Morgan fingerprint density at radius 3 is 2.00 bits per heavy atom. The van der Waals surface area contributed by atoms with Gasteiger partial charge in [-0.1, -0.05) is 6.07 Å². The van der Waals surface area contributed by atoms with Gasteiger partial charge in [0.1, 0.15) is 0 Å². The van der Waals surface area contributed by atoms with E-state index in [1.807, 2.05) is 0 Å². The van der Waals surface area contributed by atoms with Gasteiger partial charge in [-0.05, 0) is 45.7 Å².